The van der Waals surface area contributed by atoms with Gasteiger partial charge in [0.05, 0.1) is 22.6 Å². The SMILES string of the molecule is CC(NC(=O)c1ncnc2c1CCC(=O)N2)c1cc(-c2nc3ccc(C(F)(F)F)cc3[nH]2)no1. The largest absolute Gasteiger partial charge is 0.416 e. The normalized spacial score (nSPS) is 14.5. The number of alkyl halides is 3. The van der Waals surface area contributed by atoms with Crippen molar-refractivity contribution < 1.29 is 27.3 Å². The number of hydrogen-bond acceptors (Lipinski definition) is 7. The third-order valence-corrected chi connectivity index (χ3v) is 5.37. The second-order valence-corrected chi connectivity index (χ2v) is 7.72. The highest BCUT2D eigenvalue weighted by Crippen LogP contribution is 2.32. The molecule has 174 valence electrons. The standard InChI is InChI=1S/C21H16F3N7O3/c1-9(27-20(33)17-11-3-5-16(32)30-18(11)26-8-25-17)15-7-14(31-34-15)19-28-12-4-2-10(21(22,23)24)6-13(12)29-19/h2,4,6-9H,3,5H2,1H3,(H,27,33)(H,28,29)(H,25,26,30,32). The van der Waals surface area contributed by atoms with Crippen molar-refractivity contribution in [2.45, 2.75) is 32.0 Å². The van der Waals surface area contributed by atoms with Crippen LogP contribution in [0.15, 0.2) is 35.1 Å². The number of anilines is 1. The summed E-state index contributed by atoms with van der Waals surface area (Å²) in [4.78, 5) is 39.5. The Morgan fingerprint density at radius 1 is 1.21 bits per heavy atom. The van der Waals surface area contributed by atoms with Crippen molar-refractivity contribution in [3.63, 3.8) is 0 Å². The molecule has 0 aliphatic carbocycles. The van der Waals surface area contributed by atoms with E-state index in [0.29, 0.717) is 29.1 Å². The fourth-order valence-electron chi connectivity index (χ4n) is 3.63. The summed E-state index contributed by atoms with van der Waals surface area (Å²) in [5, 5.41) is 9.29. The van der Waals surface area contributed by atoms with Crippen LogP contribution in [0.3, 0.4) is 0 Å². The van der Waals surface area contributed by atoms with Gasteiger partial charge in [-0.3, -0.25) is 9.59 Å². The summed E-state index contributed by atoms with van der Waals surface area (Å²) in [7, 11) is 0. The minimum atomic E-state index is -4.47. The molecule has 4 heterocycles. The molecular formula is C21H16F3N7O3. The molecule has 0 spiro atoms. The van der Waals surface area contributed by atoms with Gasteiger partial charge in [0, 0.05) is 18.1 Å². The van der Waals surface area contributed by atoms with Crippen LogP contribution in [0.25, 0.3) is 22.6 Å². The Kier molecular flexibility index (Phi) is 5.03. The molecule has 0 bridgehead atoms. The van der Waals surface area contributed by atoms with Gasteiger partial charge in [-0.25, -0.2) is 15.0 Å². The van der Waals surface area contributed by atoms with E-state index in [4.69, 9.17) is 4.52 Å². The minimum Gasteiger partial charge on any atom is -0.358 e. The Balaban J connectivity index is 1.35. The molecule has 1 aromatic carbocycles. The summed E-state index contributed by atoms with van der Waals surface area (Å²) < 4.78 is 44.2. The van der Waals surface area contributed by atoms with E-state index in [1.807, 2.05) is 0 Å². The highest BCUT2D eigenvalue weighted by atomic mass is 19.4. The number of benzene rings is 1. The van der Waals surface area contributed by atoms with Gasteiger partial charge < -0.3 is 20.1 Å². The lowest BCUT2D eigenvalue weighted by molar-refractivity contribution is -0.137. The number of aromatic nitrogens is 5. The molecule has 0 radical (unpaired) electrons. The molecule has 4 aromatic rings. The maximum Gasteiger partial charge on any atom is 0.416 e. The van der Waals surface area contributed by atoms with E-state index < -0.39 is 23.7 Å². The van der Waals surface area contributed by atoms with E-state index >= 15 is 0 Å². The first-order valence-electron chi connectivity index (χ1n) is 10.2. The van der Waals surface area contributed by atoms with Crippen LogP contribution < -0.4 is 10.6 Å². The Morgan fingerprint density at radius 2 is 2.03 bits per heavy atom. The highest BCUT2D eigenvalue weighted by molar-refractivity contribution is 5.99. The van der Waals surface area contributed by atoms with Gasteiger partial charge in [-0.15, -0.1) is 0 Å². The van der Waals surface area contributed by atoms with Crippen LogP contribution in [0, 0.1) is 0 Å². The van der Waals surface area contributed by atoms with Gasteiger partial charge in [-0.1, -0.05) is 5.16 Å². The van der Waals surface area contributed by atoms with E-state index in [1.54, 1.807) is 6.92 Å². The van der Waals surface area contributed by atoms with Crippen LogP contribution in [-0.4, -0.2) is 36.9 Å². The monoisotopic (exact) mass is 471 g/mol. The quantitative estimate of drug-likeness (QED) is 0.415. The molecule has 1 atom stereocenters. The number of carbonyl (C=O) groups is 2. The van der Waals surface area contributed by atoms with Gasteiger partial charge >= 0.3 is 6.18 Å². The molecule has 13 heteroatoms. The van der Waals surface area contributed by atoms with Crippen molar-refractivity contribution in [2.24, 2.45) is 0 Å². The molecule has 0 saturated heterocycles. The van der Waals surface area contributed by atoms with Gasteiger partial charge in [0.25, 0.3) is 5.91 Å². The number of amides is 2. The molecule has 5 rings (SSSR count). The van der Waals surface area contributed by atoms with Crippen LogP contribution >= 0.6 is 0 Å². The average Bonchev–Trinajstić information content (AvgIpc) is 3.44. The van der Waals surface area contributed by atoms with Gasteiger partial charge in [-0.05, 0) is 31.5 Å². The first-order valence-corrected chi connectivity index (χ1v) is 10.2. The predicted molar refractivity (Wildman–Crippen MR) is 111 cm³/mol. The topological polar surface area (TPSA) is 139 Å². The minimum absolute atomic E-state index is 0.148. The first-order chi connectivity index (χ1) is 16.2. The second kappa shape index (κ2) is 7.93. The summed E-state index contributed by atoms with van der Waals surface area (Å²) in [6, 6.07) is 4.12. The number of nitrogens with zero attached hydrogens (tertiary/aromatic N) is 4. The van der Waals surface area contributed by atoms with Gasteiger partial charge in [0.1, 0.15) is 23.5 Å². The van der Waals surface area contributed by atoms with E-state index in [9.17, 15) is 22.8 Å². The summed E-state index contributed by atoms with van der Waals surface area (Å²) in [6.07, 6.45) is -2.71. The van der Waals surface area contributed by atoms with Crippen LogP contribution in [0.5, 0.6) is 0 Å². The molecular weight excluding hydrogens is 455 g/mol. The predicted octanol–water partition coefficient (Wildman–Crippen LogP) is 3.40. The van der Waals surface area contributed by atoms with Gasteiger partial charge in [0.15, 0.2) is 11.6 Å². The van der Waals surface area contributed by atoms with Crippen molar-refractivity contribution in [1.29, 1.82) is 0 Å². The van der Waals surface area contributed by atoms with Crippen molar-refractivity contribution in [3.05, 3.63) is 53.2 Å². The van der Waals surface area contributed by atoms with Crippen molar-refractivity contribution >= 4 is 28.7 Å². The van der Waals surface area contributed by atoms with Crippen LogP contribution in [0.2, 0.25) is 0 Å². The smallest absolute Gasteiger partial charge is 0.358 e. The number of carbonyl (C=O) groups excluding carboxylic acids is 2. The lowest BCUT2D eigenvalue weighted by Gasteiger charge is -2.18. The Labute approximate surface area is 189 Å². The zero-order chi connectivity index (χ0) is 24.0. The molecule has 1 unspecified atom stereocenters. The Morgan fingerprint density at radius 3 is 2.82 bits per heavy atom. The van der Waals surface area contributed by atoms with Crippen molar-refractivity contribution in [3.8, 4) is 11.5 Å². The maximum atomic E-state index is 13.0. The fraction of sp³-hybridized carbons (Fsp3) is 0.238. The molecule has 10 nitrogen and oxygen atoms in total. The van der Waals surface area contributed by atoms with Crippen LogP contribution in [0.4, 0.5) is 19.0 Å². The Hall–Kier alpha value is -4.29. The van der Waals surface area contributed by atoms with Crippen LogP contribution in [0.1, 0.15) is 46.8 Å². The third kappa shape index (κ3) is 3.95. The molecule has 2 amide bonds. The molecule has 0 saturated carbocycles. The number of imidazole rings is 1. The lowest BCUT2D eigenvalue weighted by atomic mass is 10.0. The van der Waals surface area contributed by atoms with E-state index in [-0.39, 0.29) is 35.1 Å². The highest BCUT2D eigenvalue weighted by Gasteiger charge is 2.31. The van der Waals surface area contributed by atoms with Gasteiger partial charge in [0.2, 0.25) is 5.91 Å². The summed E-state index contributed by atoms with van der Waals surface area (Å²) in [5.74, 6) is 0.174. The molecule has 34 heavy (non-hydrogen) atoms. The summed E-state index contributed by atoms with van der Waals surface area (Å²) in [6.45, 7) is 1.67. The van der Waals surface area contributed by atoms with Crippen molar-refractivity contribution in [2.75, 3.05) is 5.32 Å². The molecule has 1 aliphatic heterocycles. The molecule has 0 fully saturated rings. The zero-order valence-corrected chi connectivity index (χ0v) is 17.5. The van der Waals surface area contributed by atoms with E-state index in [0.717, 1.165) is 12.1 Å². The summed E-state index contributed by atoms with van der Waals surface area (Å²) in [5.41, 5.74) is 0.715. The number of hydrogen-bond donors (Lipinski definition) is 3. The molecule has 3 N–H and O–H groups in total. The van der Waals surface area contributed by atoms with Gasteiger partial charge in [-0.2, -0.15) is 13.2 Å². The molecule has 3 aromatic heterocycles. The first kappa shape index (κ1) is 21.6. The maximum absolute atomic E-state index is 13.0. The number of halogens is 3. The fourth-order valence-corrected chi connectivity index (χ4v) is 3.63. The zero-order valence-electron chi connectivity index (χ0n) is 17.5. The Bertz CT molecular complexity index is 1430. The number of aromatic amines is 1. The second-order valence-electron chi connectivity index (χ2n) is 7.72. The number of H-pyrrole nitrogens is 1. The third-order valence-electron chi connectivity index (χ3n) is 5.37. The number of nitrogens with one attached hydrogen (secondary N) is 3. The van der Waals surface area contributed by atoms with Crippen molar-refractivity contribution in [1.82, 2.24) is 30.4 Å². The summed E-state index contributed by atoms with van der Waals surface area (Å²) >= 11 is 0. The lowest BCUT2D eigenvalue weighted by Crippen LogP contribution is -2.30. The number of fused-ring (bicyclic) bond motifs is 2. The number of rotatable bonds is 4. The molecule has 1 aliphatic rings. The van der Waals surface area contributed by atoms with Crippen LogP contribution in [-0.2, 0) is 17.4 Å². The average molecular weight is 471 g/mol. The van der Waals surface area contributed by atoms with E-state index in [2.05, 4.69) is 35.7 Å². The van der Waals surface area contributed by atoms with E-state index in [1.165, 1.54) is 18.5 Å².